The molecule has 0 atom stereocenters. The summed E-state index contributed by atoms with van der Waals surface area (Å²) in [6.07, 6.45) is 0.434. The number of methoxy groups -OCH3 is 1. The zero-order valence-electron chi connectivity index (χ0n) is 28.2. The van der Waals surface area contributed by atoms with Crippen LogP contribution in [0.1, 0.15) is 12.0 Å². The van der Waals surface area contributed by atoms with Gasteiger partial charge in [-0.05, 0) is 72.8 Å². The summed E-state index contributed by atoms with van der Waals surface area (Å²) >= 11 is 0. The average molecular weight is 797 g/mol. The molecule has 0 bridgehead atoms. The van der Waals surface area contributed by atoms with Crippen LogP contribution in [0.25, 0.3) is 10.8 Å². The van der Waals surface area contributed by atoms with Crippen molar-refractivity contribution in [1.29, 1.82) is 0 Å². The number of rotatable bonds is 18. The molecule has 0 unspecified atom stereocenters. The lowest BCUT2D eigenvalue weighted by atomic mass is 10.1. The first-order valence-electron chi connectivity index (χ1n) is 15.4. The Labute approximate surface area is 304 Å². The normalized spacial score (nSPS) is 12.7. The van der Waals surface area contributed by atoms with Gasteiger partial charge in [0.15, 0.2) is 5.75 Å². The number of nitrogen functional groups attached to an aromatic ring is 1. The molecule has 4 aromatic rings. The van der Waals surface area contributed by atoms with Crippen molar-refractivity contribution in [2.24, 2.45) is 20.5 Å². The van der Waals surface area contributed by atoms with Gasteiger partial charge >= 0.3 is 0 Å². The second-order valence-electron chi connectivity index (χ2n) is 11.0. The van der Waals surface area contributed by atoms with Crippen molar-refractivity contribution in [3.8, 4) is 11.5 Å². The van der Waals surface area contributed by atoms with E-state index in [0.717, 1.165) is 18.2 Å². The standard InChI is InChI=1S/C31H36N6O13S3/c1-19-14-26(36-37-30-28(53(45,46)47)16-20-15-23(52(42,43)44)17-24(32)29(20)31(30)39)27(48-2)18-25(19)35-34-21-4-6-22(7-5-21)51(40,41)33-8-3-10-49-12-13-50-11-9-38/h4-7,14-18,33,38-39H,3,8-13,32H2,1-2H3,(H,42,43,44)(H,45,46,47)/b35-34+,37-36+. The molecule has 0 fully saturated rings. The number of aliphatic hydroxyl groups is 1. The van der Waals surface area contributed by atoms with Gasteiger partial charge < -0.3 is 30.2 Å². The van der Waals surface area contributed by atoms with Crippen molar-refractivity contribution in [1.82, 2.24) is 4.72 Å². The number of aromatic hydroxyl groups is 1. The van der Waals surface area contributed by atoms with Crippen LogP contribution < -0.4 is 15.2 Å². The van der Waals surface area contributed by atoms with Crippen LogP contribution in [0.5, 0.6) is 11.5 Å². The Morgan fingerprint density at radius 1 is 0.774 bits per heavy atom. The molecule has 286 valence electrons. The van der Waals surface area contributed by atoms with Gasteiger partial charge in [0.1, 0.15) is 22.0 Å². The zero-order valence-corrected chi connectivity index (χ0v) is 30.6. The third-order valence-corrected chi connectivity index (χ3v) is 10.4. The maximum absolute atomic E-state index is 12.7. The Hall–Kier alpha value is -4.65. The smallest absolute Gasteiger partial charge is 0.296 e. The summed E-state index contributed by atoms with van der Waals surface area (Å²) in [5.74, 6) is -0.760. The summed E-state index contributed by atoms with van der Waals surface area (Å²) in [5.41, 5.74) is 6.02. The maximum Gasteiger partial charge on any atom is 0.296 e. The highest BCUT2D eigenvalue weighted by Crippen LogP contribution is 2.45. The summed E-state index contributed by atoms with van der Waals surface area (Å²) in [6, 6.07) is 11.1. The van der Waals surface area contributed by atoms with Crippen LogP contribution >= 0.6 is 0 Å². The van der Waals surface area contributed by atoms with Crippen molar-refractivity contribution in [2.75, 3.05) is 52.4 Å². The molecule has 4 rings (SSSR count). The van der Waals surface area contributed by atoms with Gasteiger partial charge in [0.05, 0.1) is 54.7 Å². The molecule has 19 nitrogen and oxygen atoms in total. The lowest BCUT2D eigenvalue weighted by molar-refractivity contribution is 0.0328. The van der Waals surface area contributed by atoms with Crippen molar-refractivity contribution in [3.63, 3.8) is 0 Å². The van der Waals surface area contributed by atoms with E-state index in [1.54, 1.807) is 6.92 Å². The highest BCUT2D eigenvalue weighted by Gasteiger charge is 2.25. The number of phenolic OH excluding ortho intramolecular Hbond substituents is 1. The number of nitrogens with two attached hydrogens (primary N) is 1. The van der Waals surface area contributed by atoms with Gasteiger partial charge in [0.2, 0.25) is 10.0 Å². The molecule has 4 aromatic carbocycles. The Balaban J connectivity index is 1.52. The monoisotopic (exact) mass is 796 g/mol. The molecule has 0 aliphatic heterocycles. The highest BCUT2D eigenvalue weighted by molar-refractivity contribution is 7.89. The van der Waals surface area contributed by atoms with Crippen LogP contribution in [0.3, 0.4) is 0 Å². The summed E-state index contributed by atoms with van der Waals surface area (Å²) < 4.78 is 111. The third kappa shape index (κ3) is 10.7. The van der Waals surface area contributed by atoms with Crippen LogP contribution in [0, 0.1) is 6.92 Å². The quantitative estimate of drug-likeness (QED) is 0.0351. The first kappa shape index (κ1) is 41.1. The minimum absolute atomic E-state index is 0.0162. The van der Waals surface area contributed by atoms with E-state index in [4.69, 9.17) is 25.1 Å². The Morgan fingerprint density at radius 3 is 2.06 bits per heavy atom. The number of aryl methyl sites for hydroxylation is 1. The lowest BCUT2D eigenvalue weighted by Crippen LogP contribution is -2.25. The predicted molar refractivity (Wildman–Crippen MR) is 191 cm³/mol. The van der Waals surface area contributed by atoms with E-state index in [0.29, 0.717) is 43.2 Å². The van der Waals surface area contributed by atoms with Crippen LogP contribution in [-0.2, 0) is 39.7 Å². The molecular formula is C31H36N6O13S3. The fourth-order valence-electron chi connectivity index (χ4n) is 4.70. The van der Waals surface area contributed by atoms with Crippen LogP contribution in [0.4, 0.5) is 28.4 Å². The molecule has 7 N–H and O–H groups in total. The number of anilines is 1. The molecule has 0 aliphatic rings. The van der Waals surface area contributed by atoms with Crippen molar-refractivity contribution in [3.05, 3.63) is 60.2 Å². The third-order valence-electron chi connectivity index (χ3n) is 7.27. The molecule has 0 aliphatic carbocycles. The molecular weight excluding hydrogens is 761 g/mol. The number of benzene rings is 4. The van der Waals surface area contributed by atoms with Crippen molar-refractivity contribution < 1.29 is 58.8 Å². The fourth-order valence-corrected chi connectivity index (χ4v) is 6.99. The topological polar surface area (TPSA) is 299 Å². The maximum atomic E-state index is 12.7. The van der Waals surface area contributed by atoms with E-state index in [1.807, 2.05) is 0 Å². The first-order valence-corrected chi connectivity index (χ1v) is 19.7. The van der Waals surface area contributed by atoms with Crippen LogP contribution in [0.15, 0.2) is 89.7 Å². The second kappa shape index (κ2) is 17.5. The van der Waals surface area contributed by atoms with E-state index in [1.165, 1.54) is 43.5 Å². The summed E-state index contributed by atoms with van der Waals surface area (Å²) in [4.78, 5) is -1.60. The van der Waals surface area contributed by atoms with Crippen molar-refractivity contribution >= 4 is 69.5 Å². The van der Waals surface area contributed by atoms with E-state index >= 15 is 0 Å². The molecule has 0 saturated carbocycles. The van der Waals surface area contributed by atoms with Gasteiger partial charge in [0, 0.05) is 30.3 Å². The number of nitrogens with one attached hydrogen (secondary N) is 1. The largest absolute Gasteiger partial charge is 0.505 e. The van der Waals surface area contributed by atoms with Gasteiger partial charge in [0.25, 0.3) is 20.2 Å². The Bertz CT molecular complexity index is 2350. The molecule has 0 saturated heterocycles. The molecule has 0 radical (unpaired) electrons. The number of aliphatic hydroxyl groups excluding tert-OH is 1. The summed E-state index contributed by atoms with van der Waals surface area (Å²) in [6.45, 7) is 2.92. The molecule has 0 spiro atoms. The van der Waals surface area contributed by atoms with Crippen LogP contribution in [0.2, 0.25) is 0 Å². The predicted octanol–water partition coefficient (Wildman–Crippen LogP) is 4.46. The molecule has 22 heteroatoms. The zero-order chi connectivity index (χ0) is 39.0. The minimum Gasteiger partial charge on any atom is -0.505 e. The number of ether oxygens (including phenoxy) is 3. The van der Waals surface area contributed by atoms with E-state index < -0.39 is 51.5 Å². The summed E-state index contributed by atoms with van der Waals surface area (Å²) in [5, 5.41) is 35.4. The van der Waals surface area contributed by atoms with Crippen molar-refractivity contribution in [2.45, 2.75) is 28.0 Å². The number of fused-ring (bicyclic) bond motifs is 1. The van der Waals surface area contributed by atoms with Crippen LogP contribution in [-0.4, -0.2) is 91.3 Å². The molecule has 0 aromatic heterocycles. The summed E-state index contributed by atoms with van der Waals surface area (Å²) in [7, 11) is -12.3. The number of hydrogen-bond donors (Lipinski definition) is 6. The van der Waals surface area contributed by atoms with E-state index in [-0.39, 0.29) is 52.6 Å². The Morgan fingerprint density at radius 2 is 1.43 bits per heavy atom. The number of azo groups is 2. The number of sulfonamides is 1. The highest BCUT2D eigenvalue weighted by atomic mass is 32.2. The van der Waals surface area contributed by atoms with E-state index in [9.17, 15) is 39.5 Å². The molecule has 0 amide bonds. The van der Waals surface area contributed by atoms with Gasteiger partial charge in [-0.3, -0.25) is 9.11 Å². The first-order chi connectivity index (χ1) is 25.0. The van der Waals surface area contributed by atoms with E-state index in [2.05, 4.69) is 25.2 Å². The minimum atomic E-state index is -5.07. The van der Waals surface area contributed by atoms with Gasteiger partial charge in [-0.2, -0.15) is 27.1 Å². The number of phenols is 1. The molecule has 53 heavy (non-hydrogen) atoms. The van der Waals surface area contributed by atoms with Gasteiger partial charge in [-0.25, -0.2) is 13.1 Å². The fraction of sp³-hybridized carbons (Fsp3) is 0.290. The lowest BCUT2D eigenvalue weighted by Gasteiger charge is -2.12. The average Bonchev–Trinajstić information content (AvgIpc) is 3.09. The SMILES string of the molecule is COc1cc(/N=N/c2ccc(S(=O)(=O)NCCCOCCOCCO)cc2)c(C)cc1/N=N/c1c(S(=O)(=O)O)cc2cc(S(=O)(=O)O)cc(N)c2c1O. The Kier molecular flexibility index (Phi) is 13.5. The number of nitrogens with zero attached hydrogens (tertiary/aromatic N) is 4. The van der Waals surface area contributed by atoms with Gasteiger partial charge in [-0.15, -0.1) is 10.2 Å². The molecule has 0 heterocycles. The van der Waals surface area contributed by atoms with Gasteiger partial charge in [-0.1, -0.05) is 0 Å². The number of hydrogen-bond acceptors (Lipinski definition) is 16. The second-order valence-corrected chi connectivity index (χ2v) is 15.6.